The molecule has 0 aromatic rings. The average molecular weight is 268 g/mol. The Kier molecular flexibility index (Phi) is 5.60. The number of nitrogens with zero attached hydrogens (tertiary/aromatic N) is 2. The fourth-order valence-electron chi connectivity index (χ4n) is 3.41. The number of nitrogens with one attached hydrogen (secondary N) is 1. The highest BCUT2D eigenvalue weighted by Crippen LogP contribution is 2.24. The molecule has 0 bridgehead atoms. The number of carbonyl (C=O) groups excluding carboxylic acids is 1. The molecule has 0 aromatic carbocycles. The van der Waals surface area contributed by atoms with E-state index >= 15 is 0 Å². The summed E-state index contributed by atoms with van der Waals surface area (Å²) in [6.45, 7) is 6.88. The van der Waals surface area contributed by atoms with Gasteiger partial charge in [0, 0.05) is 44.7 Å². The molecule has 1 aliphatic heterocycles. The second-order valence-corrected chi connectivity index (χ2v) is 5.97. The molecule has 3 N–H and O–H groups in total. The van der Waals surface area contributed by atoms with Crippen LogP contribution in [-0.4, -0.2) is 54.0 Å². The number of amides is 1. The fraction of sp³-hybridized carbons (Fsp3) is 0.929. The van der Waals surface area contributed by atoms with Gasteiger partial charge in [-0.2, -0.15) is 0 Å². The standard InChI is InChI=1S/C14H28N4O/c1-12(6-7-14(19)16-15)17-8-10-18(11-9-17)13-4-2-3-5-13/h12-13H,2-11,15H2,1H3,(H,16,19). The van der Waals surface area contributed by atoms with Gasteiger partial charge in [-0.1, -0.05) is 12.8 Å². The molecule has 1 heterocycles. The molecule has 110 valence electrons. The van der Waals surface area contributed by atoms with E-state index < -0.39 is 0 Å². The van der Waals surface area contributed by atoms with Gasteiger partial charge in [-0.15, -0.1) is 0 Å². The number of hydrazine groups is 1. The normalized spacial score (nSPS) is 24.5. The molecule has 2 fully saturated rings. The van der Waals surface area contributed by atoms with Crippen LogP contribution in [0.25, 0.3) is 0 Å². The molecule has 1 saturated heterocycles. The number of piperazine rings is 1. The molecule has 1 unspecified atom stereocenters. The molecule has 19 heavy (non-hydrogen) atoms. The topological polar surface area (TPSA) is 61.6 Å². The highest BCUT2D eigenvalue weighted by atomic mass is 16.2. The minimum absolute atomic E-state index is 0.0589. The van der Waals surface area contributed by atoms with Crippen LogP contribution in [0.15, 0.2) is 0 Å². The molecule has 0 radical (unpaired) electrons. The highest BCUT2D eigenvalue weighted by molar-refractivity contribution is 5.75. The van der Waals surface area contributed by atoms with Crippen LogP contribution in [0.5, 0.6) is 0 Å². The van der Waals surface area contributed by atoms with Gasteiger partial charge in [0.05, 0.1) is 0 Å². The first-order chi connectivity index (χ1) is 9.20. The maximum atomic E-state index is 11.2. The number of carbonyl (C=O) groups is 1. The maximum Gasteiger partial charge on any atom is 0.233 e. The Bertz CT molecular complexity index is 283. The van der Waals surface area contributed by atoms with Crippen molar-refractivity contribution in [3.8, 4) is 0 Å². The SMILES string of the molecule is CC(CCC(=O)NN)N1CCN(C2CCCC2)CC1. The van der Waals surface area contributed by atoms with E-state index in [1.54, 1.807) is 0 Å². The van der Waals surface area contributed by atoms with Crippen LogP contribution in [0, 0.1) is 0 Å². The molecule has 0 aromatic heterocycles. The molecule has 1 aliphatic carbocycles. The first-order valence-electron chi connectivity index (χ1n) is 7.68. The zero-order valence-corrected chi connectivity index (χ0v) is 12.1. The summed E-state index contributed by atoms with van der Waals surface area (Å²) in [5.74, 6) is 5.05. The molecule has 0 spiro atoms. The lowest BCUT2D eigenvalue weighted by molar-refractivity contribution is -0.121. The first-order valence-corrected chi connectivity index (χ1v) is 7.68. The van der Waals surface area contributed by atoms with E-state index in [0.29, 0.717) is 12.5 Å². The quantitative estimate of drug-likeness (QED) is 0.438. The van der Waals surface area contributed by atoms with Crippen molar-refractivity contribution in [1.82, 2.24) is 15.2 Å². The Hall–Kier alpha value is -0.650. The van der Waals surface area contributed by atoms with Crippen LogP contribution in [0.1, 0.15) is 45.4 Å². The van der Waals surface area contributed by atoms with E-state index in [1.807, 2.05) is 0 Å². The van der Waals surface area contributed by atoms with E-state index in [-0.39, 0.29) is 5.91 Å². The second-order valence-electron chi connectivity index (χ2n) is 5.97. The van der Waals surface area contributed by atoms with E-state index in [4.69, 9.17) is 5.84 Å². The number of rotatable bonds is 5. The van der Waals surface area contributed by atoms with Gasteiger partial charge in [-0.3, -0.25) is 20.0 Å². The van der Waals surface area contributed by atoms with Crippen molar-refractivity contribution in [1.29, 1.82) is 0 Å². The van der Waals surface area contributed by atoms with Crippen LogP contribution in [0.4, 0.5) is 0 Å². The third-order valence-electron chi connectivity index (χ3n) is 4.76. The average Bonchev–Trinajstić information content (AvgIpc) is 2.98. The first kappa shape index (κ1) is 14.8. The Balaban J connectivity index is 1.68. The lowest BCUT2D eigenvalue weighted by atomic mass is 10.1. The fourth-order valence-corrected chi connectivity index (χ4v) is 3.41. The monoisotopic (exact) mass is 268 g/mol. The van der Waals surface area contributed by atoms with Crippen LogP contribution in [0.2, 0.25) is 0 Å². The molecular weight excluding hydrogens is 240 g/mol. The summed E-state index contributed by atoms with van der Waals surface area (Å²) < 4.78 is 0. The molecule has 5 nitrogen and oxygen atoms in total. The number of hydrogen-bond acceptors (Lipinski definition) is 4. The Morgan fingerprint density at radius 3 is 2.47 bits per heavy atom. The second kappa shape index (κ2) is 7.22. The van der Waals surface area contributed by atoms with Crippen molar-refractivity contribution in [2.45, 2.75) is 57.5 Å². The van der Waals surface area contributed by atoms with Crippen LogP contribution < -0.4 is 11.3 Å². The van der Waals surface area contributed by atoms with Crippen molar-refractivity contribution < 1.29 is 4.79 Å². The smallest absolute Gasteiger partial charge is 0.233 e. The van der Waals surface area contributed by atoms with Gasteiger partial charge >= 0.3 is 0 Å². The summed E-state index contributed by atoms with van der Waals surface area (Å²) in [5, 5.41) is 0. The van der Waals surface area contributed by atoms with Crippen LogP contribution in [-0.2, 0) is 4.79 Å². The predicted octanol–water partition coefficient (Wildman–Crippen LogP) is 0.705. The van der Waals surface area contributed by atoms with Crippen molar-refractivity contribution in [3.05, 3.63) is 0 Å². The van der Waals surface area contributed by atoms with Crippen molar-refractivity contribution in [2.75, 3.05) is 26.2 Å². The van der Waals surface area contributed by atoms with Crippen LogP contribution >= 0.6 is 0 Å². The Morgan fingerprint density at radius 1 is 1.26 bits per heavy atom. The molecule has 1 amide bonds. The summed E-state index contributed by atoms with van der Waals surface area (Å²) in [7, 11) is 0. The van der Waals surface area contributed by atoms with Crippen molar-refractivity contribution >= 4 is 5.91 Å². The summed E-state index contributed by atoms with van der Waals surface area (Å²) >= 11 is 0. The zero-order chi connectivity index (χ0) is 13.7. The molecular formula is C14H28N4O. The van der Waals surface area contributed by atoms with Crippen molar-refractivity contribution in [3.63, 3.8) is 0 Å². The third-order valence-corrected chi connectivity index (χ3v) is 4.76. The van der Waals surface area contributed by atoms with Crippen LogP contribution in [0.3, 0.4) is 0 Å². The number of nitrogens with two attached hydrogens (primary N) is 1. The zero-order valence-electron chi connectivity index (χ0n) is 12.1. The number of hydrogen-bond donors (Lipinski definition) is 2. The third kappa shape index (κ3) is 4.16. The Labute approximate surface area is 116 Å². The summed E-state index contributed by atoms with van der Waals surface area (Å²) in [5.41, 5.74) is 2.20. The lowest BCUT2D eigenvalue weighted by Gasteiger charge is -2.40. The largest absolute Gasteiger partial charge is 0.298 e. The Morgan fingerprint density at radius 2 is 1.89 bits per heavy atom. The molecule has 5 heteroatoms. The minimum atomic E-state index is -0.0589. The summed E-state index contributed by atoms with van der Waals surface area (Å²) in [4.78, 5) is 16.3. The minimum Gasteiger partial charge on any atom is -0.298 e. The van der Waals surface area contributed by atoms with E-state index in [1.165, 1.54) is 38.8 Å². The van der Waals surface area contributed by atoms with E-state index in [9.17, 15) is 4.79 Å². The van der Waals surface area contributed by atoms with Crippen molar-refractivity contribution in [2.24, 2.45) is 5.84 Å². The van der Waals surface area contributed by atoms with E-state index in [2.05, 4.69) is 22.1 Å². The van der Waals surface area contributed by atoms with Gasteiger partial charge in [-0.25, -0.2) is 5.84 Å². The molecule has 1 saturated carbocycles. The van der Waals surface area contributed by atoms with E-state index in [0.717, 1.165) is 25.6 Å². The predicted molar refractivity (Wildman–Crippen MR) is 76.4 cm³/mol. The maximum absolute atomic E-state index is 11.2. The molecule has 2 rings (SSSR count). The van der Waals surface area contributed by atoms with Gasteiger partial charge in [0.25, 0.3) is 0 Å². The summed E-state index contributed by atoms with van der Waals surface area (Å²) in [6.07, 6.45) is 7.04. The van der Waals surface area contributed by atoms with Gasteiger partial charge in [0.1, 0.15) is 0 Å². The highest BCUT2D eigenvalue weighted by Gasteiger charge is 2.27. The molecule has 1 atom stereocenters. The van der Waals surface area contributed by atoms with Gasteiger partial charge in [-0.05, 0) is 26.2 Å². The molecule has 2 aliphatic rings. The van der Waals surface area contributed by atoms with Gasteiger partial charge in [0.2, 0.25) is 5.91 Å². The summed E-state index contributed by atoms with van der Waals surface area (Å²) in [6, 6.07) is 1.32. The van der Waals surface area contributed by atoms with Gasteiger partial charge < -0.3 is 0 Å². The van der Waals surface area contributed by atoms with Gasteiger partial charge in [0.15, 0.2) is 0 Å². The lowest BCUT2D eigenvalue weighted by Crippen LogP contribution is -2.52.